The third kappa shape index (κ3) is 3.40. The van der Waals surface area contributed by atoms with E-state index in [9.17, 15) is 4.79 Å². The molecule has 5 heteroatoms. The third-order valence-electron chi connectivity index (χ3n) is 4.94. The van der Waals surface area contributed by atoms with Gasteiger partial charge in [-0.2, -0.15) is 0 Å². The highest BCUT2D eigenvalue weighted by atomic mass is 16.1. The second kappa shape index (κ2) is 7.09. The molecule has 0 spiro atoms. The van der Waals surface area contributed by atoms with Crippen LogP contribution in [-0.2, 0) is 0 Å². The van der Waals surface area contributed by atoms with E-state index >= 15 is 0 Å². The minimum absolute atomic E-state index is 0.129. The molecular weight excluding hydrogens is 276 g/mol. The number of carbonyl (C=O) groups excluding carboxylic acids is 1. The van der Waals surface area contributed by atoms with Gasteiger partial charge in [0.1, 0.15) is 5.69 Å². The number of carbonyl (C=O) groups is 1. The van der Waals surface area contributed by atoms with Gasteiger partial charge >= 0.3 is 0 Å². The van der Waals surface area contributed by atoms with Crippen LogP contribution in [0.5, 0.6) is 0 Å². The molecule has 2 aliphatic rings. The Morgan fingerprint density at radius 1 is 1.14 bits per heavy atom. The van der Waals surface area contributed by atoms with Crippen LogP contribution < -0.4 is 10.2 Å². The number of nitrogens with one attached hydrogen (secondary N) is 1. The van der Waals surface area contributed by atoms with Gasteiger partial charge in [-0.3, -0.25) is 4.79 Å². The summed E-state index contributed by atoms with van der Waals surface area (Å²) in [5, 5.41) is 2.60. The lowest BCUT2D eigenvalue weighted by molar-refractivity contribution is 0.0958. The smallest absolute Gasteiger partial charge is 0.269 e. The van der Waals surface area contributed by atoms with Gasteiger partial charge in [0, 0.05) is 26.2 Å². The minimum Gasteiger partial charge on any atom is -0.370 e. The topological polar surface area (TPSA) is 48.5 Å². The minimum atomic E-state index is -0.129. The Labute approximate surface area is 132 Å². The summed E-state index contributed by atoms with van der Waals surface area (Å²) < 4.78 is 0. The first kappa shape index (κ1) is 15.3. The number of rotatable bonds is 3. The van der Waals surface area contributed by atoms with E-state index in [-0.39, 0.29) is 5.91 Å². The van der Waals surface area contributed by atoms with E-state index in [1.165, 1.54) is 45.2 Å². The van der Waals surface area contributed by atoms with E-state index in [0.29, 0.717) is 5.69 Å². The van der Waals surface area contributed by atoms with Crippen LogP contribution in [0.3, 0.4) is 0 Å². The first-order valence-electron chi connectivity index (χ1n) is 8.45. The van der Waals surface area contributed by atoms with E-state index < -0.39 is 0 Å². The lowest BCUT2D eigenvalue weighted by Gasteiger charge is -2.40. The summed E-state index contributed by atoms with van der Waals surface area (Å²) in [5.74, 6) is -0.129. The van der Waals surface area contributed by atoms with Gasteiger partial charge in [0.2, 0.25) is 0 Å². The Morgan fingerprint density at radius 3 is 2.45 bits per heavy atom. The molecule has 0 unspecified atom stereocenters. The van der Waals surface area contributed by atoms with Crippen LogP contribution in [0, 0.1) is 0 Å². The zero-order chi connectivity index (χ0) is 15.4. The number of anilines is 1. The van der Waals surface area contributed by atoms with Crippen molar-refractivity contribution < 1.29 is 4.79 Å². The summed E-state index contributed by atoms with van der Waals surface area (Å²) >= 11 is 0. The molecule has 22 heavy (non-hydrogen) atoms. The first-order chi connectivity index (χ1) is 10.8. The van der Waals surface area contributed by atoms with E-state index in [4.69, 9.17) is 0 Å². The lowest BCUT2D eigenvalue weighted by atomic mass is 9.99. The van der Waals surface area contributed by atoms with Crippen LogP contribution in [0.15, 0.2) is 18.3 Å². The first-order valence-corrected chi connectivity index (χ1v) is 8.45. The number of hydrogen-bond acceptors (Lipinski definition) is 4. The molecule has 2 aliphatic heterocycles. The normalized spacial score (nSPS) is 20.9. The van der Waals surface area contributed by atoms with Gasteiger partial charge < -0.3 is 15.1 Å². The van der Waals surface area contributed by atoms with Gasteiger partial charge in [-0.1, -0.05) is 6.42 Å². The highest BCUT2D eigenvalue weighted by molar-refractivity contribution is 5.92. The van der Waals surface area contributed by atoms with Gasteiger partial charge in [0.05, 0.1) is 11.9 Å². The summed E-state index contributed by atoms with van der Waals surface area (Å²) in [6.45, 7) is 4.74. The molecule has 1 aromatic rings. The molecule has 0 aromatic carbocycles. The number of aromatic nitrogens is 1. The zero-order valence-electron chi connectivity index (χ0n) is 13.4. The fourth-order valence-corrected chi connectivity index (χ4v) is 3.61. The van der Waals surface area contributed by atoms with Crippen LogP contribution in [0.2, 0.25) is 0 Å². The summed E-state index contributed by atoms with van der Waals surface area (Å²) in [5.41, 5.74) is 1.61. The second-order valence-corrected chi connectivity index (χ2v) is 6.30. The Balaban J connectivity index is 1.55. The fourth-order valence-electron chi connectivity index (χ4n) is 3.61. The van der Waals surface area contributed by atoms with Crippen molar-refractivity contribution in [2.75, 3.05) is 38.1 Å². The van der Waals surface area contributed by atoms with Crippen molar-refractivity contribution in [2.24, 2.45) is 0 Å². The third-order valence-corrected chi connectivity index (χ3v) is 4.94. The zero-order valence-corrected chi connectivity index (χ0v) is 13.4. The molecule has 3 heterocycles. The van der Waals surface area contributed by atoms with Crippen molar-refractivity contribution in [3.63, 3.8) is 0 Å². The molecule has 0 atom stereocenters. The Bertz CT molecular complexity index is 488. The molecule has 1 aromatic heterocycles. The maximum absolute atomic E-state index is 11.5. The van der Waals surface area contributed by atoms with Gasteiger partial charge in [-0.05, 0) is 50.9 Å². The molecular formula is C17H26N4O. The lowest BCUT2D eigenvalue weighted by Crippen LogP contribution is -2.46. The van der Waals surface area contributed by atoms with Crippen molar-refractivity contribution in [3.8, 4) is 0 Å². The van der Waals surface area contributed by atoms with E-state index in [0.717, 1.165) is 24.8 Å². The standard InChI is InChI=1S/C17H26N4O/c1-18-17(22)16-6-5-15(13-19-16)21-11-7-14(8-12-21)20-9-3-2-4-10-20/h5-6,13-14H,2-4,7-12H2,1H3,(H,18,22). The number of amides is 1. The Hall–Kier alpha value is -1.62. The Kier molecular flexibility index (Phi) is 4.93. The van der Waals surface area contributed by atoms with Crippen molar-refractivity contribution in [3.05, 3.63) is 24.0 Å². The van der Waals surface area contributed by atoms with Gasteiger partial charge in [0.15, 0.2) is 0 Å². The molecule has 2 fully saturated rings. The average Bonchev–Trinajstić information content (AvgIpc) is 2.62. The molecule has 1 N–H and O–H groups in total. The largest absolute Gasteiger partial charge is 0.370 e. The van der Waals surface area contributed by atoms with E-state index in [1.54, 1.807) is 7.05 Å². The highest BCUT2D eigenvalue weighted by Gasteiger charge is 2.25. The molecule has 0 saturated carbocycles. The monoisotopic (exact) mass is 302 g/mol. The maximum Gasteiger partial charge on any atom is 0.269 e. The maximum atomic E-state index is 11.5. The highest BCUT2D eigenvalue weighted by Crippen LogP contribution is 2.24. The summed E-state index contributed by atoms with van der Waals surface area (Å²) in [6.07, 6.45) is 8.43. The summed E-state index contributed by atoms with van der Waals surface area (Å²) in [4.78, 5) is 20.9. The molecule has 0 bridgehead atoms. The van der Waals surface area contributed by atoms with Crippen molar-refractivity contribution in [2.45, 2.75) is 38.1 Å². The number of piperidine rings is 2. The second-order valence-electron chi connectivity index (χ2n) is 6.30. The number of hydrogen-bond donors (Lipinski definition) is 1. The van der Waals surface area contributed by atoms with Crippen LogP contribution >= 0.6 is 0 Å². The van der Waals surface area contributed by atoms with Crippen molar-refractivity contribution in [1.29, 1.82) is 0 Å². The SMILES string of the molecule is CNC(=O)c1ccc(N2CCC(N3CCCCC3)CC2)cn1. The molecule has 2 saturated heterocycles. The Morgan fingerprint density at radius 2 is 1.86 bits per heavy atom. The number of nitrogens with zero attached hydrogens (tertiary/aromatic N) is 3. The van der Waals surface area contributed by atoms with Crippen LogP contribution in [-0.4, -0.2) is 55.1 Å². The van der Waals surface area contributed by atoms with Gasteiger partial charge in [0.25, 0.3) is 5.91 Å². The van der Waals surface area contributed by atoms with E-state index in [2.05, 4.69) is 20.1 Å². The number of likely N-dealkylation sites (tertiary alicyclic amines) is 1. The fraction of sp³-hybridized carbons (Fsp3) is 0.647. The molecule has 1 amide bonds. The van der Waals surface area contributed by atoms with Crippen molar-refractivity contribution >= 4 is 11.6 Å². The molecule has 0 aliphatic carbocycles. The summed E-state index contributed by atoms with van der Waals surface area (Å²) in [7, 11) is 1.63. The predicted octanol–water partition coefficient (Wildman–Crippen LogP) is 1.90. The van der Waals surface area contributed by atoms with E-state index in [1.807, 2.05) is 18.3 Å². The predicted molar refractivity (Wildman–Crippen MR) is 88.3 cm³/mol. The van der Waals surface area contributed by atoms with Crippen LogP contribution in [0.25, 0.3) is 0 Å². The van der Waals surface area contributed by atoms with Gasteiger partial charge in [-0.25, -0.2) is 4.98 Å². The molecule has 120 valence electrons. The molecule has 3 rings (SSSR count). The summed E-state index contributed by atoms with van der Waals surface area (Å²) in [6, 6.07) is 4.58. The quantitative estimate of drug-likeness (QED) is 0.926. The molecule has 5 nitrogen and oxygen atoms in total. The average molecular weight is 302 g/mol. The number of pyridine rings is 1. The van der Waals surface area contributed by atoms with Crippen LogP contribution in [0.4, 0.5) is 5.69 Å². The van der Waals surface area contributed by atoms with Crippen molar-refractivity contribution in [1.82, 2.24) is 15.2 Å². The van der Waals surface area contributed by atoms with Crippen LogP contribution in [0.1, 0.15) is 42.6 Å². The van der Waals surface area contributed by atoms with Gasteiger partial charge in [-0.15, -0.1) is 0 Å². The molecule has 0 radical (unpaired) electrons.